The molecule has 3 N–H and O–H groups in total. The Balaban J connectivity index is 2.48. The smallest absolute Gasteiger partial charge is 0.251 e. The first-order valence-corrected chi connectivity index (χ1v) is 5.29. The molecule has 0 saturated heterocycles. The van der Waals surface area contributed by atoms with Crippen LogP contribution in [0.4, 0.5) is 0 Å². The van der Waals surface area contributed by atoms with Crippen molar-refractivity contribution < 1.29 is 0 Å². The van der Waals surface area contributed by atoms with Gasteiger partial charge < -0.3 is 10.7 Å². The van der Waals surface area contributed by atoms with Gasteiger partial charge in [0.05, 0.1) is 0 Å². The molecule has 6 nitrogen and oxygen atoms in total. The molecule has 88 valence electrons. The largest absolute Gasteiger partial charge is 0.330 e. The Morgan fingerprint density at radius 2 is 2.24 bits per heavy atom. The van der Waals surface area contributed by atoms with Crippen LogP contribution in [0.25, 0.3) is 11.5 Å². The highest BCUT2D eigenvalue weighted by atomic mass is 16.1. The van der Waals surface area contributed by atoms with E-state index in [9.17, 15) is 4.79 Å². The third-order valence-electron chi connectivity index (χ3n) is 2.21. The van der Waals surface area contributed by atoms with Crippen LogP contribution in [-0.2, 0) is 6.42 Å². The lowest BCUT2D eigenvalue weighted by Gasteiger charge is -2.03. The molecule has 0 aromatic carbocycles. The molecule has 2 aromatic heterocycles. The molecule has 0 bridgehead atoms. The van der Waals surface area contributed by atoms with Gasteiger partial charge in [0, 0.05) is 24.4 Å². The second-order valence-corrected chi connectivity index (χ2v) is 3.61. The molecule has 0 fully saturated rings. The molecule has 0 aliphatic rings. The summed E-state index contributed by atoms with van der Waals surface area (Å²) in [7, 11) is 0. The highest BCUT2D eigenvalue weighted by molar-refractivity contribution is 5.47. The molecule has 2 aromatic rings. The summed E-state index contributed by atoms with van der Waals surface area (Å²) in [5, 5.41) is 0. The van der Waals surface area contributed by atoms with E-state index in [1.165, 1.54) is 6.07 Å². The van der Waals surface area contributed by atoms with Crippen LogP contribution in [0.15, 0.2) is 23.1 Å². The average molecular weight is 231 g/mol. The van der Waals surface area contributed by atoms with Crippen molar-refractivity contribution in [3.8, 4) is 11.5 Å². The van der Waals surface area contributed by atoms with E-state index in [4.69, 9.17) is 5.73 Å². The highest BCUT2D eigenvalue weighted by Gasteiger charge is 2.05. The molecular formula is C11H13N5O. The van der Waals surface area contributed by atoms with Gasteiger partial charge in [-0.2, -0.15) is 0 Å². The van der Waals surface area contributed by atoms with E-state index < -0.39 is 0 Å². The topological polar surface area (TPSA) is 97.5 Å². The van der Waals surface area contributed by atoms with Crippen LogP contribution in [0.3, 0.4) is 0 Å². The fourth-order valence-corrected chi connectivity index (χ4v) is 1.49. The lowest BCUT2D eigenvalue weighted by Crippen LogP contribution is -2.13. The maximum Gasteiger partial charge on any atom is 0.251 e. The fourth-order valence-electron chi connectivity index (χ4n) is 1.49. The number of aryl methyl sites for hydroxylation is 1. The van der Waals surface area contributed by atoms with Gasteiger partial charge in [0.2, 0.25) is 0 Å². The predicted octanol–water partition coefficient (Wildman–Crippen LogP) is 0.0365. The number of nitrogens with zero attached hydrogens (tertiary/aromatic N) is 3. The van der Waals surface area contributed by atoms with Crippen LogP contribution >= 0.6 is 0 Å². The predicted molar refractivity (Wildman–Crippen MR) is 63.4 cm³/mol. The number of nitrogens with one attached hydrogen (secondary N) is 1. The Labute approximate surface area is 98.0 Å². The number of H-pyrrole nitrogens is 1. The van der Waals surface area contributed by atoms with Crippen molar-refractivity contribution in [2.45, 2.75) is 13.3 Å². The lowest BCUT2D eigenvalue weighted by molar-refractivity contribution is 0.900. The van der Waals surface area contributed by atoms with Crippen LogP contribution in [0, 0.1) is 6.92 Å². The second kappa shape index (κ2) is 4.84. The zero-order chi connectivity index (χ0) is 12.3. The number of hydrogen-bond acceptors (Lipinski definition) is 5. The quantitative estimate of drug-likeness (QED) is 0.777. The maximum absolute atomic E-state index is 11.5. The van der Waals surface area contributed by atoms with Gasteiger partial charge in [-0.1, -0.05) is 0 Å². The molecule has 0 unspecified atom stereocenters. The minimum absolute atomic E-state index is 0.199. The fraction of sp³-hybridized carbons (Fsp3) is 0.273. The number of aromatic amines is 1. The summed E-state index contributed by atoms with van der Waals surface area (Å²) in [6, 6.07) is 3.15. The average Bonchev–Trinajstić information content (AvgIpc) is 2.28. The van der Waals surface area contributed by atoms with E-state index in [1.54, 1.807) is 19.2 Å². The summed E-state index contributed by atoms with van der Waals surface area (Å²) in [5.41, 5.74) is 6.52. The third-order valence-corrected chi connectivity index (χ3v) is 2.21. The number of nitrogens with two attached hydrogens (primary N) is 1. The van der Waals surface area contributed by atoms with Crippen molar-refractivity contribution in [3.63, 3.8) is 0 Å². The molecule has 0 radical (unpaired) electrons. The normalized spacial score (nSPS) is 10.5. The summed E-state index contributed by atoms with van der Waals surface area (Å²) in [6.07, 6.45) is 2.20. The molecule has 6 heteroatoms. The summed E-state index contributed by atoms with van der Waals surface area (Å²) in [4.78, 5) is 26.6. The van der Waals surface area contributed by atoms with Crippen LogP contribution in [0.5, 0.6) is 0 Å². The van der Waals surface area contributed by atoms with Crippen molar-refractivity contribution in [2.75, 3.05) is 6.54 Å². The van der Waals surface area contributed by atoms with Gasteiger partial charge in [0.1, 0.15) is 11.5 Å². The molecule has 0 atom stereocenters. The molecule has 0 amide bonds. The van der Waals surface area contributed by atoms with Crippen molar-refractivity contribution in [1.82, 2.24) is 19.9 Å². The first kappa shape index (κ1) is 11.4. The maximum atomic E-state index is 11.5. The van der Waals surface area contributed by atoms with Crippen molar-refractivity contribution in [3.05, 3.63) is 40.2 Å². The Hall–Kier alpha value is -2.08. The van der Waals surface area contributed by atoms with Crippen LogP contribution in [-0.4, -0.2) is 26.5 Å². The monoisotopic (exact) mass is 231 g/mol. The lowest BCUT2D eigenvalue weighted by atomic mass is 10.3. The Kier molecular flexibility index (Phi) is 3.24. The zero-order valence-corrected chi connectivity index (χ0v) is 9.47. The molecule has 0 aliphatic heterocycles. The third kappa shape index (κ3) is 2.73. The molecular weight excluding hydrogens is 218 g/mol. The molecule has 2 heterocycles. The van der Waals surface area contributed by atoms with Gasteiger partial charge in [-0.05, 0) is 19.5 Å². The minimum Gasteiger partial charge on any atom is -0.330 e. The first-order valence-electron chi connectivity index (χ1n) is 5.29. The van der Waals surface area contributed by atoms with E-state index >= 15 is 0 Å². The first-order chi connectivity index (χ1) is 8.19. The SMILES string of the molecule is Cc1nccc(-c2nc(CCN)cc(=O)[nH]2)n1. The van der Waals surface area contributed by atoms with Crippen molar-refractivity contribution in [2.24, 2.45) is 5.73 Å². The molecule has 2 rings (SSSR count). The summed E-state index contributed by atoms with van der Waals surface area (Å²) in [5.74, 6) is 1.08. The van der Waals surface area contributed by atoms with Crippen LogP contribution < -0.4 is 11.3 Å². The Morgan fingerprint density at radius 1 is 1.41 bits per heavy atom. The van der Waals surface area contributed by atoms with E-state index in [1.807, 2.05) is 0 Å². The van der Waals surface area contributed by atoms with Gasteiger partial charge in [0.15, 0.2) is 5.82 Å². The Bertz CT molecular complexity index is 578. The van der Waals surface area contributed by atoms with E-state index in [0.717, 1.165) is 0 Å². The standard InChI is InChI=1S/C11H13N5O/c1-7-13-5-3-9(14-7)11-15-8(2-4-12)6-10(17)16-11/h3,5-6H,2,4,12H2,1H3,(H,15,16,17). The van der Waals surface area contributed by atoms with Crippen molar-refractivity contribution in [1.29, 1.82) is 0 Å². The molecule has 17 heavy (non-hydrogen) atoms. The number of rotatable bonds is 3. The van der Waals surface area contributed by atoms with Crippen molar-refractivity contribution >= 4 is 0 Å². The van der Waals surface area contributed by atoms with Gasteiger partial charge >= 0.3 is 0 Å². The van der Waals surface area contributed by atoms with Gasteiger partial charge in [-0.3, -0.25) is 4.79 Å². The highest BCUT2D eigenvalue weighted by Crippen LogP contribution is 2.09. The van der Waals surface area contributed by atoms with Crippen LogP contribution in [0.2, 0.25) is 0 Å². The van der Waals surface area contributed by atoms with Gasteiger partial charge in [-0.25, -0.2) is 15.0 Å². The van der Waals surface area contributed by atoms with Crippen LogP contribution in [0.1, 0.15) is 11.5 Å². The number of hydrogen-bond donors (Lipinski definition) is 2. The molecule has 0 saturated carbocycles. The van der Waals surface area contributed by atoms with Gasteiger partial charge in [0.25, 0.3) is 5.56 Å². The zero-order valence-electron chi connectivity index (χ0n) is 9.47. The second-order valence-electron chi connectivity index (χ2n) is 3.61. The molecule has 0 aliphatic carbocycles. The van der Waals surface area contributed by atoms with E-state index in [0.29, 0.717) is 36.0 Å². The summed E-state index contributed by atoms with van der Waals surface area (Å²) < 4.78 is 0. The minimum atomic E-state index is -0.199. The van der Waals surface area contributed by atoms with E-state index in [-0.39, 0.29) is 5.56 Å². The number of aromatic nitrogens is 4. The summed E-state index contributed by atoms with van der Waals surface area (Å²) >= 11 is 0. The van der Waals surface area contributed by atoms with Gasteiger partial charge in [-0.15, -0.1) is 0 Å². The Morgan fingerprint density at radius 3 is 2.94 bits per heavy atom. The van der Waals surface area contributed by atoms with E-state index in [2.05, 4.69) is 19.9 Å². The molecule has 0 spiro atoms. The summed E-state index contributed by atoms with van der Waals surface area (Å²) in [6.45, 7) is 2.24.